The summed E-state index contributed by atoms with van der Waals surface area (Å²) in [5.74, 6) is 1.33. The predicted octanol–water partition coefficient (Wildman–Crippen LogP) is 5.10. The molecule has 1 fully saturated rings. The Morgan fingerprint density at radius 3 is 2.77 bits per heavy atom. The van der Waals surface area contributed by atoms with Gasteiger partial charge in [0.15, 0.2) is 0 Å². The molecule has 1 N–H and O–H groups in total. The van der Waals surface area contributed by atoms with Crippen molar-refractivity contribution < 1.29 is 9.21 Å². The van der Waals surface area contributed by atoms with Crippen LogP contribution in [0.3, 0.4) is 0 Å². The number of fused-ring (bicyclic) bond motifs is 2. The van der Waals surface area contributed by atoms with Crippen LogP contribution in [-0.4, -0.2) is 35.4 Å². The van der Waals surface area contributed by atoms with Gasteiger partial charge in [-0.15, -0.1) is 11.3 Å². The molecule has 1 atom stereocenters. The maximum absolute atomic E-state index is 12.6. The summed E-state index contributed by atoms with van der Waals surface area (Å²) in [6, 6.07) is 18.1. The summed E-state index contributed by atoms with van der Waals surface area (Å²) in [6.07, 6.45) is 2.10. The fourth-order valence-corrected chi connectivity index (χ4v) is 5.32. The van der Waals surface area contributed by atoms with Crippen LogP contribution in [0, 0.1) is 0 Å². The van der Waals surface area contributed by atoms with Gasteiger partial charge in [0.25, 0.3) is 0 Å². The van der Waals surface area contributed by atoms with Gasteiger partial charge >= 0.3 is 0 Å². The fraction of sp³-hybridized carbons (Fsp3) is 0.333. The van der Waals surface area contributed by atoms with Gasteiger partial charge in [-0.05, 0) is 57.1 Å². The van der Waals surface area contributed by atoms with E-state index in [9.17, 15) is 4.79 Å². The first-order valence-electron chi connectivity index (χ1n) is 10.5. The Labute approximate surface area is 179 Å². The van der Waals surface area contributed by atoms with E-state index in [0.717, 1.165) is 48.2 Å². The SMILES string of the molecule is C[C@@H](NC(=O)CN1CCC(c2nc3ccccc3s2)CC1)c1cc2ccccc2o1. The van der Waals surface area contributed by atoms with E-state index in [1.54, 1.807) is 0 Å². The second kappa shape index (κ2) is 8.20. The third kappa shape index (κ3) is 3.98. The van der Waals surface area contributed by atoms with Gasteiger partial charge in [-0.25, -0.2) is 4.98 Å². The molecule has 2 aromatic carbocycles. The molecule has 30 heavy (non-hydrogen) atoms. The summed E-state index contributed by atoms with van der Waals surface area (Å²) < 4.78 is 7.13. The van der Waals surface area contributed by atoms with Crippen molar-refractivity contribution in [2.24, 2.45) is 0 Å². The summed E-state index contributed by atoms with van der Waals surface area (Å²) in [5.41, 5.74) is 1.95. The highest BCUT2D eigenvalue weighted by Crippen LogP contribution is 2.33. The lowest BCUT2D eigenvalue weighted by atomic mass is 9.97. The van der Waals surface area contributed by atoms with Gasteiger partial charge in [0.1, 0.15) is 11.3 Å². The number of furan rings is 1. The predicted molar refractivity (Wildman–Crippen MR) is 121 cm³/mol. The topological polar surface area (TPSA) is 58.4 Å². The van der Waals surface area contributed by atoms with E-state index >= 15 is 0 Å². The molecule has 6 heteroatoms. The molecule has 1 amide bonds. The second-order valence-electron chi connectivity index (χ2n) is 8.05. The number of rotatable bonds is 5. The van der Waals surface area contributed by atoms with E-state index in [1.165, 1.54) is 9.71 Å². The van der Waals surface area contributed by atoms with E-state index in [-0.39, 0.29) is 11.9 Å². The van der Waals surface area contributed by atoms with Crippen molar-refractivity contribution in [2.75, 3.05) is 19.6 Å². The van der Waals surface area contributed by atoms with Gasteiger partial charge in [-0.1, -0.05) is 30.3 Å². The molecule has 154 valence electrons. The summed E-state index contributed by atoms with van der Waals surface area (Å²) >= 11 is 1.81. The second-order valence-corrected chi connectivity index (χ2v) is 9.11. The van der Waals surface area contributed by atoms with Crippen LogP contribution in [0.2, 0.25) is 0 Å². The first-order valence-corrected chi connectivity index (χ1v) is 11.3. The van der Waals surface area contributed by atoms with Crippen molar-refractivity contribution >= 4 is 38.4 Å². The number of hydrogen-bond acceptors (Lipinski definition) is 5. The molecular formula is C24H25N3O2S. The van der Waals surface area contributed by atoms with E-state index < -0.39 is 0 Å². The van der Waals surface area contributed by atoms with E-state index in [4.69, 9.17) is 9.40 Å². The third-order valence-corrected chi connectivity index (χ3v) is 7.06. The fourth-order valence-electron chi connectivity index (χ4n) is 4.18. The summed E-state index contributed by atoms with van der Waals surface area (Å²) in [4.78, 5) is 19.6. The average molecular weight is 420 g/mol. The van der Waals surface area contributed by atoms with Crippen molar-refractivity contribution in [3.8, 4) is 0 Å². The zero-order valence-electron chi connectivity index (χ0n) is 17.0. The van der Waals surface area contributed by atoms with Crippen LogP contribution in [0.1, 0.15) is 42.5 Å². The van der Waals surface area contributed by atoms with Gasteiger partial charge in [-0.2, -0.15) is 0 Å². The summed E-state index contributed by atoms with van der Waals surface area (Å²) in [6.45, 7) is 4.24. The lowest BCUT2D eigenvalue weighted by Crippen LogP contribution is -2.41. The maximum atomic E-state index is 12.6. The Hall–Kier alpha value is -2.70. The lowest BCUT2D eigenvalue weighted by molar-refractivity contribution is -0.123. The molecule has 1 aliphatic rings. The molecule has 0 saturated carbocycles. The highest BCUT2D eigenvalue weighted by molar-refractivity contribution is 7.18. The summed E-state index contributed by atoms with van der Waals surface area (Å²) in [5, 5.41) is 5.38. The maximum Gasteiger partial charge on any atom is 0.234 e. The number of para-hydroxylation sites is 2. The number of likely N-dealkylation sites (tertiary alicyclic amines) is 1. The number of nitrogens with zero attached hydrogens (tertiary/aromatic N) is 2. The number of nitrogens with one attached hydrogen (secondary N) is 1. The zero-order valence-corrected chi connectivity index (χ0v) is 17.8. The van der Waals surface area contributed by atoms with Crippen molar-refractivity contribution in [1.29, 1.82) is 0 Å². The van der Waals surface area contributed by atoms with Crippen LogP contribution in [0.4, 0.5) is 0 Å². The summed E-state index contributed by atoms with van der Waals surface area (Å²) in [7, 11) is 0. The number of aromatic nitrogens is 1. The minimum absolute atomic E-state index is 0.0430. The van der Waals surface area contributed by atoms with Gasteiger partial charge in [0, 0.05) is 11.3 Å². The normalized spacial score (nSPS) is 16.8. The van der Waals surface area contributed by atoms with Crippen LogP contribution < -0.4 is 5.32 Å². The molecule has 0 radical (unpaired) electrons. The van der Waals surface area contributed by atoms with Crippen LogP contribution in [0.25, 0.3) is 21.2 Å². The van der Waals surface area contributed by atoms with E-state index in [0.29, 0.717) is 12.5 Å². The number of carbonyl (C=O) groups is 1. The Kier molecular flexibility index (Phi) is 5.27. The van der Waals surface area contributed by atoms with Gasteiger partial charge in [0.05, 0.1) is 27.8 Å². The zero-order chi connectivity index (χ0) is 20.5. The van der Waals surface area contributed by atoms with Crippen molar-refractivity contribution in [2.45, 2.75) is 31.7 Å². The van der Waals surface area contributed by atoms with Gasteiger partial charge < -0.3 is 9.73 Å². The van der Waals surface area contributed by atoms with Crippen LogP contribution in [0.15, 0.2) is 59.0 Å². The number of thiazole rings is 1. The Morgan fingerprint density at radius 1 is 1.20 bits per heavy atom. The lowest BCUT2D eigenvalue weighted by Gasteiger charge is -2.30. The quantitative estimate of drug-likeness (QED) is 0.489. The Balaban J connectivity index is 1.14. The molecule has 3 heterocycles. The molecule has 4 aromatic rings. The molecule has 2 aromatic heterocycles. The number of hydrogen-bond donors (Lipinski definition) is 1. The molecule has 1 aliphatic heterocycles. The van der Waals surface area contributed by atoms with Crippen LogP contribution in [0.5, 0.6) is 0 Å². The van der Waals surface area contributed by atoms with Gasteiger partial charge in [-0.3, -0.25) is 9.69 Å². The number of piperidine rings is 1. The van der Waals surface area contributed by atoms with E-state index in [2.05, 4.69) is 28.4 Å². The highest BCUT2D eigenvalue weighted by Gasteiger charge is 2.25. The molecule has 0 bridgehead atoms. The smallest absolute Gasteiger partial charge is 0.234 e. The molecule has 5 rings (SSSR count). The highest BCUT2D eigenvalue weighted by atomic mass is 32.1. The molecule has 0 spiro atoms. The monoisotopic (exact) mass is 419 g/mol. The molecular weight excluding hydrogens is 394 g/mol. The third-order valence-electron chi connectivity index (χ3n) is 5.86. The first-order chi connectivity index (χ1) is 14.7. The Bertz CT molecular complexity index is 1110. The molecule has 0 aliphatic carbocycles. The van der Waals surface area contributed by atoms with Crippen molar-refractivity contribution in [1.82, 2.24) is 15.2 Å². The van der Waals surface area contributed by atoms with E-state index in [1.807, 2.05) is 54.7 Å². The minimum atomic E-state index is -0.148. The number of benzene rings is 2. The number of carbonyl (C=O) groups excluding carboxylic acids is 1. The number of amides is 1. The standard InChI is InChI=1S/C24H25N3O2S/c1-16(21-14-18-6-2-4-8-20(18)29-21)25-23(28)15-27-12-10-17(11-13-27)24-26-19-7-3-5-9-22(19)30-24/h2-9,14,16-17H,10-13,15H2,1H3,(H,25,28)/t16-/m1/s1. The van der Waals surface area contributed by atoms with Gasteiger partial charge in [0.2, 0.25) is 5.91 Å². The average Bonchev–Trinajstić information content (AvgIpc) is 3.38. The van der Waals surface area contributed by atoms with Crippen molar-refractivity contribution in [3.63, 3.8) is 0 Å². The van der Waals surface area contributed by atoms with Crippen molar-refractivity contribution in [3.05, 3.63) is 65.4 Å². The largest absolute Gasteiger partial charge is 0.459 e. The minimum Gasteiger partial charge on any atom is -0.459 e. The van der Waals surface area contributed by atoms with Crippen LogP contribution >= 0.6 is 11.3 Å². The molecule has 1 saturated heterocycles. The molecule has 5 nitrogen and oxygen atoms in total. The Morgan fingerprint density at radius 2 is 1.97 bits per heavy atom. The first kappa shape index (κ1) is 19.3. The van der Waals surface area contributed by atoms with Crippen LogP contribution in [-0.2, 0) is 4.79 Å². The molecule has 0 unspecified atom stereocenters.